The molecule has 0 aliphatic heterocycles. The summed E-state index contributed by atoms with van der Waals surface area (Å²) in [7, 11) is 0. The molecule has 2 aromatic rings. The summed E-state index contributed by atoms with van der Waals surface area (Å²) in [5.41, 5.74) is 4.43. The standard InChI is InChI=1S/C13H12F2N2O2/c1-7(11-3-2-4-19-11)17-13(18)9-5-8(14)6-10(16)12(9)15/h2-7H,16H2,1H3,(H,17,18). The number of halogens is 2. The maximum absolute atomic E-state index is 13.6. The Hall–Kier alpha value is -2.37. The van der Waals surface area contributed by atoms with E-state index in [1.54, 1.807) is 19.1 Å². The van der Waals surface area contributed by atoms with E-state index in [4.69, 9.17) is 10.2 Å². The summed E-state index contributed by atoms with van der Waals surface area (Å²) in [6, 6.07) is 4.49. The fraction of sp³-hybridized carbons (Fsp3) is 0.154. The van der Waals surface area contributed by atoms with Crippen molar-refractivity contribution in [1.82, 2.24) is 5.32 Å². The average Bonchev–Trinajstić information content (AvgIpc) is 2.87. The molecule has 6 heteroatoms. The van der Waals surface area contributed by atoms with Gasteiger partial charge in [0, 0.05) is 0 Å². The van der Waals surface area contributed by atoms with Gasteiger partial charge in [-0.3, -0.25) is 4.79 Å². The lowest BCUT2D eigenvalue weighted by Gasteiger charge is -2.12. The first-order valence-electron chi connectivity index (χ1n) is 5.58. The van der Waals surface area contributed by atoms with E-state index < -0.39 is 34.8 Å². The van der Waals surface area contributed by atoms with Crippen LogP contribution in [0.15, 0.2) is 34.9 Å². The largest absolute Gasteiger partial charge is 0.467 e. The summed E-state index contributed by atoms with van der Waals surface area (Å²) in [6.45, 7) is 1.66. The van der Waals surface area contributed by atoms with Crippen molar-refractivity contribution in [3.8, 4) is 0 Å². The van der Waals surface area contributed by atoms with E-state index in [9.17, 15) is 13.6 Å². The van der Waals surface area contributed by atoms with Crippen molar-refractivity contribution in [2.75, 3.05) is 5.73 Å². The summed E-state index contributed by atoms with van der Waals surface area (Å²) in [5.74, 6) is -1.95. The Labute approximate surface area is 108 Å². The zero-order valence-electron chi connectivity index (χ0n) is 10.1. The molecule has 19 heavy (non-hydrogen) atoms. The van der Waals surface area contributed by atoms with Crippen molar-refractivity contribution < 1.29 is 18.0 Å². The van der Waals surface area contributed by atoms with E-state index in [2.05, 4.69) is 5.32 Å². The summed E-state index contributed by atoms with van der Waals surface area (Å²) < 4.78 is 31.9. The fourth-order valence-corrected chi connectivity index (χ4v) is 1.66. The Bertz CT molecular complexity index is 597. The van der Waals surface area contributed by atoms with Crippen LogP contribution < -0.4 is 11.1 Å². The maximum atomic E-state index is 13.6. The number of benzene rings is 1. The van der Waals surface area contributed by atoms with Crippen molar-refractivity contribution in [1.29, 1.82) is 0 Å². The number of nitrogen functional groups attached to an aromatic ring is 1. The Balaban J connectivity index is 2.21. The highest BCUT2D eigenvalue weighted by atomic mass is 19.1. The maximum Gasteiger partial charge on any atom is 0.255 e. The molecule has 0 fully saturated rings. The second kappa shape index (κ2) is 5.09. The van der Waals surface area contributed by atoms with Crippen molar-refractivity contribution >= 4 is 11.6 Å². The smallest absolute Gasteiger partial charge is 0.255 e. The van der Waals surface area contributed by atoms with Gasteiger partial charge in [0.1, 0.15) is 11.6 Å². The second-order valence-corrected chi connectivity index (χ2v) is 4.07. The van der Waals surface area contributed by atoms with Crippen molar-refractivity contribution in [2.24, 2.45) is 0 Å². The van der Waals surface area contributed by atoms with Crippen LogP contribution in [0.1, 0.15) is 29.1 Å². The molecule has 1 unspecified atom stereocenters. The molecule has 0 saturated heterocycles. The Morgan fingerprint density at radius 1 is 1.42 bits per heavy atom. The topological polar surface area (TPSA) is 68.3 Å². The Kier molecular flexibility index (Phi) is 3.50. The number of anilines is 1. The summed E-state index contributed by atoms with van der Waals surface area (Å²) in [4.78, 5) is 11.9. The molecule has 0 bridgehead atoms. The molecule has 1 aromatic heterocycles. The van der Waals surface area contributed by atoms with E-state index in [1.807, 2.05) is 0 Å². The van der Waals surface area contributed by atoms with Gasteiger partial charge in [-0.15, -0.1) is 0 Å². The quantitative estimate of drug-likeness (QED) is 0.839. The van der Waals surface area contributed by atoms with Gasteiger partial charge in [-0.1, -0.05) is 0 Å². The molecule has 1 atom stereocenters. The number of carbonyl (C=O) groups excluding carboxylic acids is 1. The predicted octanol–water partition coefficient (Wildman–Crippen LogP) is 2.63. The van der Waals surface area contributed by atoms with Gasteiger partial charge in [-0.05, 0) is 31.2 Å². The highest BCUT2D eigenvalue weighted by Crippen LogP contribution is 2.19. The number of furan rings is 1. The number of nitrogens with one attached hydrogen (secondary N) is 1. The minimum atomic E-state index is -0.939. The molecular formula is C13H12F2N2O2. The molecule has 100 valence electrons. The monoisotopic (exact) mass is 266 g/mol. The van der Waals surface area contributed by atoms with Gasteiger partial charge in [0.05, 0.1) is 23.6 Å². The second-order valence-electron chi connectivity index (χ2n) is 4.07. The highest BCUT2D eigenvalue weighted by molar-refractivity contribution is 5.95. The number of hydrogen-bond donors (Lipinski definition) is 2. The van der Waals surface area contributed by atoms with E-state index in [1.165, 1.54) is 6.26 Å². The van der Waals surface area contributed by atoms with Gasteiger partial charge >= 0.3 is 0 Å². The van der Waals surface area contributed by atoms with Crippen LogP contribution in [0.25, 0.3) is 0 Å². The normalized spacial score (nSPS) is 12.2. The van der Waals surface area contributed by atoms with Crippen LogP contribution >= 0.6 is 0 Å². The third-order valence-corrected chi connectivity index (χ3v) is 2.63. The van der Waals surface area contributed by atoms with Crippen LogP contribution in [0, 0.1) is 11.6 Å². The minimum Gasteiger partial charge on any atom is -0.467 e. The minimum absolute atomic E-state index is 0.407. The molecule has 1 aromatic carbocycles. The molecular weight excluding hydrogens is 254 g/mol. The van der Waals surface area contributed by atoms with Crippen LogP contribution in [0.2, 0.25) is 0 Å². The summed E-state index contributed by atoms with van der Waals surface area (Å²) in [6.07, 6.45) is 1.46. The highest BCUT2D eigenvalue weighted by Gasteiger charge is 2.19. The van der Waals surface area contributed by atoms with Gasteiger partial charge in [0.25, 0.3) is 5.91 Å². The van der Waals surface area contributed by atoms with Crippen LogP contribution in [-0.4, -0.2) is 5.91 Å². The molecule has 0 saturated carbocycles. The molecule has 2 rings (SSSR count). The Morgan fingerprint density at radius 2 is 2.16 bits per heavy atom. The molecule has 4 nitrogen and oxygen atoms in total. The Morgan fingerprint density at radius 3 is 2.79 bits per heavy atom. The van der Waals surface area contributed by atoms with Gasteiger partial charge in [0.2, 0.25) is 0 Å². The van der Waals surface area contributed by atoms with E-state index in [-0.39, 0.29) is 0 Å². The third-order valence-electron chi connectivity index (χ3n) is 2.63. The summed E-state index contributed by atoms with van der Waals surface area (Å²) in [5, 5.41) is 2.50. The lowest BCUT2D eigenvalue weighted by Crippen LogP contribution is -2.27. The molecule has 0 spiro atoms. The molecule has 1 amide bonds. The molecule has 0 aliphatic carbocycles. The molecule has 1 heterocycles. The van der Waals surface area contributed by atoms with E-state index in [0.717, 1.165) is 12.1 Å². The number of amides is 1. The number of carbonyl (C=O) groups is 1. The van der Waals surface area contributed by atoms with Crippen LogP contribution in [0.4, 0.5) is 14.5 Å². The first-order chi connectivity index (χ1) is 8.99. The lowest BCUT2D eigenvalue weighted by atomic mass is 10.1. The first kappa shape index (κ1) is 13.1. The molecule has 0 aliphatic rings. The van der Waals surface area contributed by atoms with Crippen molar-refractivity contribution in [3.05, 3.63) is 53.5 Å². The van der Waals surface area contributed by atoms with Gasteiger partial charge in [-0.2, -0.15) is 0 Å². The van der Waals surface area contributed by atoms with Gasteiger partial charge in [0.15, 0.2) is 5.82 Å². The number of nitrogens with two attached hydrogens (primary N) is 1. The fourth-order valence-electron chi connectivity index (χ4n) is 1.66. The SMILES string of the molecule is CC(NC(=O)c1cc(F)cc(N)c1F)c1ccco1. The average molecular weight is 266 g/mol. The van der Waals surface area contributed by atoms with Crippen molar-refractivity contribution in [2.45, 2.75) is 13.0 Å². The predicted molar refractivity (Wildman–Crippen MR) is 65.4 cm³/mol. The first-order valence-corrected chi connectivity index (χ1v) is 5.58. The molecule has 0 radical (unpaired) electrons. The van der Waals surface area contributed by atoms with Gasteiger partial charge < -0.3 is 15.5 Å². The van der Waals surface area contributed by atoms with Crippen LogP contribution in [0.3, 0.4) is 0 Å². The summed E-state index contributed by atoms with van der Waals surface area (Å²) >= 11 is 0. The van der Waals surface area contributed by atoms with Crippen LogP contribution in [-0.2, 0) is 0 Å². The van der Waals surface area contributed by atoms with Gasteiger partial charge in [-0.25, -0.2) is 8.78 Å². The number of rotatable bonds is 3. The van der Waals surface area contributed by atoms with Crippen LogP contribution in [0.5, 0.6) is 0 Å². The zero-order valence-corrected chi connectivity index (χ0v) is 10.1. The lowest BCUT2D eigenvalue weighted by molar-refractivity contribution is 0.0931. The van der Waals surface area contributed by atoms with E-state index in [0.29, 0.717) is 5.76 Å². The number of hydrogen-bond acceptors (Lipinski definition) is 3. The molecule has 3 N–H and O–H groups in total. The zero-order chi connectivity index (χ0) is 14.0. The third kappa shape index (κ3) is 2.73. The van der Waals surface area contributed by atoms with E-state index >= 15 is 0 Å². The van der Waals surface area contributed by atoms with Crippen molar-refractivity contribution in [3.63, 3.8) is 0 Å².